The Morgan fingerprint density at radius 2 is 1.67 bits per heavy atom. The van der Waals surface area contributed by atoms with Gasteiger partial charge in [-0.05, 0) is 34.4 Å². The number of amides is 1. The Hall–Kier alpha value is -3.18. The molecule has 0 saturated heterocycles. The van der Waals surface area contributed by atoms with Gasteiger partial charge in [-0.25, -0.2) is 4.79 Å². The molecule has 1 amide bonds. The van der Waals surface area contributed by atoms with Crippen LogP contribution in [0.4, 0.5) is 10.5 Å². The number of hydrogen-bond acceptors (Lipinski definition) is 4. The van der Waals surface area contributed by atoms with Gasteiger partial charge < -0.3 is 9.84 Å². The lowest BCUT2D eigenvalue weighted by Gasteiger charge is -2.14. The minimum absolute atomic E-state index is 0.0354. The maximum absolute atomic E-state index is 12.2. The highest BCUT2D eigenvalue weighted by Gasteiger charge is 2.28. The number of aliphatic hydroxyl groups excluding tert-OH is 1. The summed E-state index contributed by atoms with van der Waals surface area (Å²) < 4.78 is 5.50. The van der Waals surface area contributed by atoms with Crippen molar-refractivity contribution in [3.05, 3.63) is 83.7 Å². The van der Waals surface area contributed by atoms with E-state index in [1.54, 1.807) is 18.3 Å². The van der Waals surface area contributed by atoms with Crippen molar-refractivity contribution < 1.29 is 14.6 Å². The van der Waals surface area contributed by atoms with Crippen LogP contribution in [0.5, 0.6) is 0 Å². The highest BCUT2D eigenvalue weighted by atomic mass is 16.5. The monoisotopic (exact) mass is 360 g/mol. The highest BCUT2D eigenvalue weighted by Crippen LogP contribution is 2.44. The summed E-state index contributed by atoms with van der Waals surface area (Å²) in [5.74, 6) is 0.0354. The quantitative estimate of drug-likeness (QED) is 0.722. The minimum Gasteiger partial charge on any atom is -0.448 e. The number of hydrogen-bond donors (Lipinski definition) is 2. The van der Waals surface area contributed by atoms with Crippen LogP contribution in [0.3, 0.4) is 0 Å². The van der Waals surface area contributed by atoms with Crippen molar-refractivity contribution in [3.63, 3.8) is 0 Å². The molecule has 27 heavy (non-hydrogen) atoms. The van der Waals surface area contributed by atoms with Crippen molar-refractivity contribution in [1.82, 2.24) is 4.98 Å². The van der Waals surface area contributed by atoms with Crippen LogP contribution in [0.1, 0.15) is 22.7 Å². The number of carbonyl (C=O) groups excluding carboxylic acids is 1. The van der Waals surface area contributed by atoms with Crippen LogP contribution >= 0.6 is 0 Å². The number of anilines is 1. The van der Waals surface area contributed by atoms with Gasteiger partial charge in [-0.2, -0.15) is 0 Å². The van der Waals surface area contributed by atoms with Gasteiger partial charge in [0.1, 0.15) is 6.61 Å². The molecule has 1 aliphatic carbocycles. The molecule has 4 rings (SSSR count). The van der Waals surface area contributed by atoms with Crippen molar-refractivity contribution in [3.8, 4) is 11.1 Å². The molecule has 1 aliphatic rings. The molecule has 1 aromatic heterocycles. The molecule has 2 aromatic carbocycles. The summed E-state index contributed by atoms with van der Waals surface area (Å²) in [7, 11) is 0. The fourth-order valence-electron chi connectivity index (χ4n) is 3.51. The normalized spacial score (nSPS) is 12.3. The molecule has 0 saturated carbocycles. The first-order valence-corrected chi connectivity index (χ1v) is 8.94. The Bertz CT molecular complexity index is 908. The first-order valence-electron chi connectivity index (χ1n) is 8.94. The lowest BCUT2D eigenvalue weighted by atomic mass is 9.98. The molecule has 1 heterocycles. The molecular formula is C22H20N2O3. The van der Waals surface area contributed by atoms with Gasteiger partial charge in [0.15, 0.2) is 0 Å². The van der Waals surface area contributed by atoms with Crippen LogP contribution in [0, 0.1) is 0 Å². The average molecular weight is 360 g/mol. The van der Waals surface area contributed by atoms with E-state index in [0.29, 0.717) is 12.1 Å². The number of aliphatic hydroxyl groups is 1. The molecule has 136 valence electrons. The summed E-state index contributed by atoms with van der Waals surface area (Å²) in [5.41, 5.74) is 6.10. The number of nitrogens with one attached hydrogen (secondary N) is 1. The summed E-state index contributed by atoms with van der Waals surface area (Å²) >= 11 is 0. The number of rotatable bonds is 5. The van der Waals surface area contributed by atoms with E-state index in [4.69, 9.17) is 9.84 Å². The van der Waals surface area contributed by atoms with Crippen LogP contribution in [0.15, 0.2) is 66.9 Å². The van der Waals surface area contributed by atoms with Gasteiger partial charge in [-0.3, -0.25) is 10.3 Å². The Morgan fingerprint density at radius 3 is 2.26 bits per heavy atom. The second-order valence-corrected chi connectivity index (χ2v) is 6.46. The Kier molecular flexibility index (Phi) is 4.85. The van der Waals surface area contributed by atoms with Crippen LogP contribution < -0.4 is 5.32 Å². The summed E-state index contributed by atoms with van der Waals surface area (Å²) in [6.45, 7) is 0.321. The van der Waals surface area contributed by atoms with E-state index in [9.17, 15) is 4.79 Å². The molecule has 5 nitrogen and oxygen atoms in total. The standard InChI is InChI=1S/C22H20N2O3/c25-12-11-15-9-10-16(13-23-15)24-22(26)27-14-21-19-7-3-1-5-17(19)18-6-2-4-8-20(18)21/h1-10,13,21,25H,11-12,14H2,(H,24,26). The van der Waals surface area contributed by atoms with E-state index >= 15 is 0 Å². The van der Waals surface area contributed by atoms with Crippen molar-refractivity contribution in [1.29, 1.82) is 0 Å². The number of benzene rings is 2. The zero-order valence-corrected chi connectivity index (χ0v) is 14.8. The van der Waals surface area contributed by atoms with Gasteiger partial charge in [-0.1, -0.05) is 48.5 Å². The maximum Gasteiger partial charge on any atom is 0.411 e. The fourth-order valence-corrected chi connectivity index (χ4v) is 3.51. The zero-order valence-electron chi connectivity index (χ0n) is 14.8. The molecule has 0 radical (unpaired) electrons. The zero-order chi connectivity index (χ0) is 18.6. The molecule has 0 bridgehead atoms. The van der Waals surface area contributed by atoms with E-state index in [1.807, 2.05) is 24.3 Å². The van der Waals surface area contributed by atoms with E-state index in [-0.39, 0.29) is 19.1 Å². The predicted molar refractivity (Wildman–Crippen MR) is 104 cm³/mol. The van der Waals surface area contributed by atoms with Gasteiger partial charge in [0.2, 0.25) is 0 Å². The largest absolute Gasteiger partial charge is 0.448 e. The summed E-state index contributed by atoms with van der Waals surface area (Å²) in [5, 5.41) is 11.6. The number of pyridine rings is 1. The first-order chi connectivity index (χ1) is 13.3. The Balaban J connectivity index is 1.43. The highest BCUT2D eigenvalue weighted by molar-refractivity contribution is 5.84. The van der Waals surface area contributed by atoms with Crippen LogP contribution in [-0.2, 0) is 11.2 Å². The van der Waals surface area contributed by atoms with E-state index < -0.39 is 6.09 Å². The molecule has 0 atom stereocenters. The number of carbonyl (C=O) groups is 1. The number of aromatic nitrogens is 1. The van der Waals surface area contributed by atoms with Gasteiger partial charge in [0.25, 0.3) is 0 Å². The Morgan fingerprint density at radius 1 is 1.00 bits per heavy atom. The third-order valence-electron chi connectivity index (χ3n) is 4.78. The second-order valence-electron chi connectivity index (χ2n) is 6.46. The SMILES string of the molecule is O=C(Nc1ccc(CCO)nc1)OCC1c2ccccc2-c2ccccc21. The Labute approximate surface area is 157 Å². The van der Waals surface area contributed by atoms with Gasteiger partial charge in [0.05, 0.1) is 11.9 Å². The van der Waals surface area contributed by atoms with E-state index in [1.165, 1.54) is 22.3 Å². The van der Waals surface area contributed by atoms with E-state index in [2.05, 4.69) is 34.6 Å². The molecule has 0 spiro atoms. The summed E-state index contributed by atoms with van der Waals surface area (Å²) in [6.07, 6.45) is 1.55. The topological polar surface area (TPSA) is 71.5 Å². The van der Waals surface area contributed by atoms with Crippen LogP contribution in [0.2, 0.25) is 0 Å². The van der Waals surface area contributed by atoms with Gasteiger partial charge in [0, 0.05) is 24.6 Å². The maximum atomic E-state index is 12.2. The first kappa shape index (κ1) is 17.2. The third-order valence-corrected chi connectivity index (χ3v) is 4.78. The third kappa shape index (κ3) is 3.55. The predicted octanol–water partition coefficient (Wildman–Crippen LogP) is 3.98. The van der Waals surface area contributed by atoms with Gasteiger partial charge in [-0.15, -0.1) is 0 Å². The number of ether oxygens (including phenoxy) is 1. The van der Waals surface area contributed by atoms with Crippen molar-refractivity contribution in [2.24, 2.45) is 0 Å². The van der Waals surface area contributed by atoms with Crippen molar-refractivity contribution in [2.75, 3.05) is 18.5 Å². The molecular weight excluding hydrogens is 340 g/mol. The minimum atomic E-state index is -0.506. The molecule has 3 aromatic rings. The molecule has 0 unspecified atom stereocenters. The fraction of sp³-hybridized carbons (Fsp3) is 0.182. The number of nitrogens with zero attached hydrogens (tertiary/aromatic N) is 1. The van der Waals surface area contributed by atoms with Crippen LogP contribution in [0.25, 0.3) is 11.1 Å². The molecule has 2 N–H and O–H groups in total. The lowest BCUT2D eigenvalue weighted by molar-refractivity contribution is 0.158. The smallest absolute Gasteiger partial charge is 0.411 e. The molecule has 0 aliphatic heterocycles. The lowest BCUT2D eigenvalue weighted by Crippen LogP contribution is -2.18. The second kappa shape index (κ2) is 7.60. The van der Waals surface area contributed by atoms with Gasteiger partial charge >= 0.3 is 6.09 Å². The van der Waals surface area contributed by atoms with Crippen LogP contribution in [-0.4, -0.2) is 29.4 Å². The van der Waals surface area contributed by atoms with E-state index in [0.717, 1.165) is 5.69 Å². The summed E-state index contributed by atoms with van der Waals surface area (Å²) in [6, 6.07) is 20.0. The molecule has 5 heteroatoms. The van der Waals surface area contributed by atoms with Crippen molar-refractivity contribution in [2.45, 2.75) is 12.3 Å². The summed E-state index contributed by atoms with van der Waals surface area (Å²) in [4.78, 5) is 16.4. The molecule has 0 fully saturated rings. The average Bonchev–Trinajstić information content (AvgIpc) is 3.02. The van der Waals surface area contributed by atoms with Crippen molar-refractivity contribution >= 4 is 11.8 Å². The number of fused-ring (bicyclic) bond motifs is 3.